The lowest BCUT2D eigenvalue weighted by atomic mass is 9.97. The lowest BCUT2D eigenvalue weighted by Gasteiger charge is -2.08. The summed E-state index contributed by atoms with van der Waals surface area (Å²) in [6.07, 6.45) is 5.60. The fourth-order valence-corrected chi connectivity index (χ4v) is 3.46. The minimum Gasteiger partial charge on any atom is -0.244 e. The van der Waals surface area contributed by atoms with Crippen LogP contribution in [0.5, 0.6) is 0 Å². The van der Waals surface area contributed by atoms with Crippen LogP contribution in [0.2, 0.25) is 0 Å². The van der Waals surface area contributed by atoms with Crippen molar-refractivity contribution >= 4 is 6.03 Å². The van der Waals surface area contributed by atoms with Crippen molar-refractivity contribution in [1.29, 1.82) is 0 Å². The van der Waals surface area contributed by atoms with Crippen molar-refractivity contribution in [3.05, 3.63) is 96.1 Å². The van der Waals surface area contributed by atoms with Crippen molar-refractivity contribution in [1.82, 2.24) is 19.6 Å². The highest BCUT2D eigenvalue weighted by molar-refractivity contribution is 5.82. The summed E-state index contributed by atoms with van der Waals surface area (Å²) in [4.78, 5) is 13.1. The summed E-state index contributed by atoms with van der Waals surface area (Å²) in [6, 6.07) is 21.9. The van der Waals surface area contributed by atoms with Gasteiger partial charge in [0.2, 0.25) is 0 Å². The third-order valence-corrected chi connectivity index (χ3v) is 4.70. The number of hydrogen-bond acceptors (Lipinski definition) is 3. The van der Waals surface area contributed by atoms with Gasteiger partial charge in [-0.25, -0.2) is 4.79 Å². The predicted octanol–water partition coefficient (Wildman–Crippen LogP) is 4.81. The van der Waals surface area contributed by atoms with Crippen LogP contribution >= 0.6 is 0 Å². The summed E-state index contributed by atoms with van der Waals surface area (Å²) in [5.74, 6) is 0. The number of benzene rings is 2. The molecule has 28 heavy (non-hydrogen) atoms. The van der Waals surface area contributed by atoms with Crippen molar-refractivity contribution in [2.24, 2.45) is 0 Å². The number of hydrogen-bond donors (Lipinski definition) is 0. The highest BCUT2D eigenvalue weighted by Crippen LogP contribution is 2.30. The molecule has 2 aromatic heterocycles. The van der Waals surface area contributed by atoms with E-state index in [1.54, 1.807) is 18.5 Å². The standard InChI is InChI=1S/C23H22N4O/c1-2-10-21-22(19-13-7-4-8-14-19)20(17-18-11-5-3-6-12-18)25-27(21)23(28)26-16-9-15-24-26/h3-9,11-16H,2,10,17H2,1H3. The molecule has 0 aliphatic carbocycles. The van der Waals surface area contributed by atoms with E-state index in [4.69, 9.17) is 5.10 Å². The van der Waals surface area contributed by atoms with E-state index in [1.165, 1.54) is 14.9 Å². The molecule has 0 aliphatic rings. The second kappa shape index (κ2) is 8.05. The molecule has 0 saturated heterocycles. The highest BCUT2D eigenvalue weighted by Gasteiger charge is 2.23. The van der Waals surface area contributed by atoms with E-state index in [0.29, 0.717) is 6.42 Å². The summed E-state index contributed by atoms with van der Waals surface area (Å²) in [7, 11) is 0. The molecule has 0 fully saturated rings. The molecule has 4 rings (SSSR count). The van der Waals surface area contributed by atoms with Gasteiger partial charge in [0.1, 0.15) is 0 Å². The van der Waals surface area contributed by atoms with E-state index < -0.39 is 0 Å². The van der Waals surface area contributed by atoms with Crippen molar-refractivity contribution in [3.63, 3.8) is 0 Å². The average Bonchev–Trinajstić information content (AvgIpc) is 3.38. The summed E-state index contributed by atoms with van der Waals surface area (Å²) in [5.41, 5.74) is 5.13. The van der Waals surface area contributed by atoms with E-state index in [-0.39, 0.29) is 6.03 Å². The third-order valence-electron chi connectivity index (χ3n) is 4.70. The van der Waals surface area contributed by atoms with Crippen LogP contribution in [0.25, 0.3) is 11.1 Å². The van der Waals surface area contributed by atoms with E-state index in [9.17, 15) is 4.79 Å². The van der Waals surface area contributed by atoms with E-state index in [0.717, 1.165) is 35.4 Å². The zero-order valence-corrected chi connectivity index (χ0v) is 15.8. The molecule has 2 heterocycles. The fraction of sp³-hybridized carbons (Fsp3) is 0.174. The van der Waals surface area contributed by atoms with E-state index in [1.807, 2.05) is 36.4 Å². The molecule has 0 aliphatic heterocycles. The van der Waals surface area contributed by atoms with Crippen LogP contribution in [0.3, 0.4) is 0 Å². The van der Waals surface area contributed by atoms with Crippen LogP contribution in [0.4, 0.5) is 4.79 Å². The molecule has 4 aromatic rings. The number of carbonyl (C=O) groups is 1. The van der Waals surface area contributed by atoms with Gasteiger partial charge < -0.3 is 0 Å². The third kappa shape index (κ3) is 3.51. The lowest BCUT2D eigenvalue weighted by molar-refractivity contribution is 0.237. The smallest absolute Gasteiger partial charge is 0.244 e. The topological polar surface area (TPSA) is 52.7 Å². The quantitative estimate of drug-likeness (QED) is 0.507. The second-order valence-electron chi connectivity index (χ2n) is 6.69. The Morgan fingerprint density at radius 1 is 0.964 bits per heavy atom. The molecular weight excluding hydrogens is 348 g/mol. The Kier molecular flexibility index (Phi) is 5.15. The summed E-state index contributed by atoms with van der Waals surface area (Å²) >= 11 is 0. The minimum atomic E-state index is -0.259. The molecule has 0 unspecified atom stereocenters. The van der Waals surface area contributed by atoms with Gasteiger partial charge in [-0.2, -0.15) is 19.6 Å². The number of carbonyl (C=O) groups excluding carboxylic acids is 1. The monoisotopic (exact) mass is 370 g/mol. The Balaban J connectivity index is 1.88. The number of nitrogens with zero attached hydrogens (tertiary/aromatic N) is 4. The van der Waals surface area contributed by atoms with Gasteiger partial charge in [-0.1, -0.05) is 74.0 Å². The molecule has 2 aromatic carbocycles. The Labute approximate surface area is 164 Å². The van der Waals surface area contributed by atoms with E-state index >= 15 is 0 Å². The molecule has 0 saturated carbocycles. The fourth-order valence-electron chi connectivity index (χ4n) is 3.46. The van der Waals surface area contributed by atoms with Gasteiger partial charge in [0, 0.05) is 24.4 Å². The predicted molar refractivity (Wildman–Crippen MR) is 109 cm³/mol. The molecular formula is C23H22N4O. The summed E-state index contributed by atoms with van der Waals surface area (Å²) < 4.78 is 2.85. The van der Waals surface area contributed by atoms with Crippen LogP contribution in [0.15, 0.2) is 79.1 Å². The van der Waals surface area contributed by atoms with Gasteiger partial charge in [0.05, 0.1) is 11.4 Å². The van der Waals surface area contributed by atoms with Crippen molar-refractivity contribution in [2.75, 3.05) is 0 Å². The molecule has 0 radical (unpaired) electrons. The van der Waals surface area contributed by atoms with Crippen LogP contribution in [0, 0.1) is 0 Å². The molecule has 0 bridgehead atoms. The zero-order chi connectivity index (χ0) is 19.3. The molecule has 0 N–H and O–H groups in total. The lowest BCUT2D eigenvalue weighted by Crippen LogP contribution is -2.23. The first kappa shape index (κ1) is 17.9. The molecule has 0 amide bonds. The maximum atomic E-state index is 13.1. The molecule has 5 nitrogen and oxygen atoms in total. The first-order valence-electron chi connectivity index (χ1n) is 9.52. The first-order chi connectivity index (χ1) is 13.8. The largest absolute Gasteiger partial charge is 0.369 e. The molecule has 0 spiro atoms. The molecule has 5 heteroatoms. The maximum absolute atomic E-state index is 13.1. The Hall–Kier alpha value is -3.47. The van der Waals surface area contributed by atoms with Gasteiger partial charge in [-0.05, 0) is 23.6 Å². The van der Waals surface area contributed by atoms with Crippen LogP contribution in [-0.4, -0.2) is 25.6 Å². The SMILES string of the molecule is CCCc1c(-c2ccccc2)c(Cc2ccccc2)nn1C(=O)n1cccn1. The Morgan fingerprint density at radius 2 is 1.68 bits per heavy atom. The van der Waals surface area contributed by atoms with E-state index in [2.05, 4.69) is 36.3 Å². The van der Waals surface area contributed by atoms with Crippen molar-refractivity contribution in [2.45, 2.75) is 26.2 Å². The first-order valence-corrected chi connectivity index (χ1v) is 9.52. The summed E-state index contributed by atoms with van der Waals surface area (Å²) in [6.45, 7) is 2.11. The number of rotatable bonds is 5. The van der Waals surface area contributed by atoms with Gasteiger partial charge >= 0.3 is 6.03 Å². The average molecular weight is 370 g/mol. The zero-order valence-electron chi connectivity index (χ0n) is 15.8. The molecule has 140 valence electrons. The Bertz CT molecular complexity index is 1050. The normalized spacial score (nSPS) is 10.9. The summed E-state index contributed by atoms with van der Waals surface area (Å²) in [5, 5.41) is 8.86. The second-order valence-corrected chi connectivity index (χ2v) is 6.69. The van der Waals surface area contributed by atoms with Crippen LogP contribution in [0.1, 0.15) is 30.3 Å². The van der Waals surface area contributed by atoms with Crippen molar-refractivity contribution in [3.8, 4) is 11.1 Å². The van der Waals surface area contributed by atoms with Crippen molar-refractivity contribution < 1.29 is 4.79 Å². The van der Waals surface area contributed by atoms with Gasteiger partial charge in [0.25, 0.3) is 0 Å². The van der Waals surface area contributed by atoms with Gasteiger partial charge in [-0.3, -0.25) is 0 Å². The highest BCUT2D eigenvalue weighted by atomic mass is 16.2. The Morgan fingerprint density at radius 3 is 2.32 bits per heavy atom. The minimum absolute atomic E-state index is 0.259. The van der Waals surface area contributed by atoms with Crippen LogP contribution < -0.4 is 0 Å². The van der Waals surface area contributed by atoms with Gasteiger partial charge in [0.15, 0.2) is 0 Å². The molecule has 0 atom stereocenters. The van der Waals surface area contributed by atoms with Gasteiger partial charge in [-0.15, -0.1) is 0 Å². The number of aromatic nitrogens is 4. The van der Waals surface area contributed by atoms with Crippen LogP contribution in [-0.2, 0) is 12.8 Å². The maximum Gasteiger partial charge on any atom is 0.369 e.